The van der Waals surface area contributed by atoms with Crippen LogP contribution < -0.4 is 5.73 Å². The van der Waals surface area contributed by atoms with Gasteiger partial charge in [0.1, 0.15) is 0 Å². The summed E-state index contributed by atoms with van der Waals surface area (Å²) in [5.41, 5.74) is 11.7. The van der Waals surface area contributed by atoms with Gasteiger partial charge in [0, 0.05) is 17.7 Å². The van der Waals surface area contributed by atoms with E-state index in [1.54, 1.807) is 0 Å². The highest BCUT2D eigenvalue weighted by atomic mass is 15.0. The lowest BCUT2D eigenvalue weighted by Crippen LogP contribution is -2.14. The number of aromatic nitrogens is 2. The third-order valence-electron chi connectivity index (χ3n) is 4.10. The molecule has 0 saturated heterocycles. The molecule has 1 heterocycles. The monoisotopic (exact) mass is 273 g/mol. The molecule has 21 heavy (non-hydrogen) atoms. The molecule has 1 aromatic heterocycles. The van der Waals surface area contributed by atoms with Crippen LogP contribution in [0, 0.1) is 0 Å². The predicted molar refractivity (Wildman–Crippen MR) is 83.9 cm³/mol. The molecule has 0 amide bonds. The van der Waals surface area contributed by atoms with Gasteiger partial charge >= 0.3 is 0 Å². The number of fused-ring (bicyclic) bond motifs is 3. The molecule has 1 atom stereocenters. The number of nitrogens with zero attached hydrogens (tertiary/aromatic N) is 2. The number of hydrogen-bond acceptors (Lipinski definition) is 3. The Morgan fingerprint density at radius 1 is 0.952 bits per heavy atom. The molecular weight excluding hydrogens is 258 g/mol. The van der Waals surface area contributed by atoms with Crippen molar-refractivity contribution in [2.45, 2.75) is 12.3 Å². The fourth-order valence-electron chi connectivity index (χ4n) is 3.13. The number of nitrogen functional groups attached to an aromatic ring is 1. The predicted octanol–water partition coefficient (Wildman–Crippen LogP) is 3.41. The molecule has 0 saturated carbocycles. The smallest absolute Gasteiger partial charge is 0.220 e. The van der Waals surface area contributed by atoms with Crippen molar-refractivity contribution in [1.82, 2.24) is 9.97 Å². The summed E-state index contributed by atoms with van der Waals surface area (Å²) in [6, 6.07) is 19.0. The summed E-state index contributed by atoms with van der Waals surface area (Å²) in [5, 5.41) is 0. The standard InChI is InChI=1S/C18H15N3/c19-18-20-11-13-10-16(12-6-2-1-3-7-12)14-8-4-5-9-15(14)17(13)21-18/h1-9,11,16H,10H2,(H2,19,20,21). The lowest BCUT2D eigenvalue weighted by atomic mass is 9.78. The summed E-state index contributed by atoms with van der Waals surface area (Å²) in [5.74, 6) is 0.684. The number of benzene rings is 2. The quantitative estimate of drug-likeness (QED) is 0.739. The van der Waals surface area contributed by atoms with E-state index >= 15 is 0 Å². The highest BCUT2D eigenvalue weighted by Gasteiger charge is 2.26. The zero-order chi connectivity index (χ0) is 14.2. The molecular formula is C18H15N3. The molecule has 3 nitrogen and oxygen atoms in total. The molecule has 1 unspecified atom stereocenters. The van der Waals surface area contributed by atoms with Gasteiger partial charge in [0.2, 0.25) is 5.95 Å². The maximum atomic E-state index is 5.76. The van der Waals surface area contributed by atoms with Crippen LogP contribution in [0.1, 0.15) is 22.6 Å². The molecule has 0 aliphatic heterocycles. The molecule has 0 bridgehead atoms. The number of anilines is 1. The highest BCUT2D eigenvalue weighted by Crippen LogP contribution is 2.41. The second-order valence-electron chi connectivity index (χ2n) is 5.36. The Kier molecular flexibility index (Phi) is 2.71. The Morgan fingerprint density at radius 2 is 1.71 bits per heavy atom. The van der Waals surface area contributed by atoms with Crippen LogP contribution in [0.2, 0.25) is 0 Å². The van der Waals surface area contributed by atoms with E-state index in [0.29, 0.717) is 11.9 Å². The molecule has 102 valence electrons. The van der Waals surface area contributed by atoms with E-state index in [2.05, 4.69) is 58.5 Å². The first-order valence-electron chi connectivity index (χ1n) is 7.08. The summed E-state index contributed by atoms with van der Waals surface area (Å²) in [6.07, 6.45) is 2.78. The van der Waals surface area contributed by atoms with Gasteiger partial charge in [-0.25, -0.2) is 9.97 Å². The van der Waals surface area contributed by atoms with Gasteiger partial charge in [0.25, 0.3) is 0 Å². The average molecular weight is 273 g/mol. The first kappa shape index (κ1) is 12.1. The molecule has 0 radical (unpaired) electrons. The minimum Gasteiger partial charge on any atom is -0.368 e. The van der Waals surface area contributed by atoms with Crippen LogP contribution in [-0.2, 0) is 6.42 Å². The number of rotatable bonds is 1. The van der Waals surface area contributed by atoms with Crippen molar-refractivity contribution in [1.29, 1.82) is 0 Å². The Labute approximate surface area is 123 Å². The Balaban J connectivity index is 1.93. The summed E-state index contributed by atoms with van der Waals surface area (Å²) in [7, 11) is 0. The van der Waals surface area contributed by atoms with Crippen LogP contribution in [0.3, 0.4) is 0 Å². The highest BCUT2D eigenvalue weighted by molar-refractivity contribution is 5.72. The fourth-order valence-corrected chi connectivity index (χ4v) is 3.13. The molecule has 3 heteroatoms. The maximum Gasteiger partial charge on any atom is 0.220 e. The van der Waals surface area contributed by atoms with Crippen molar-refractivity contribution in [3.63, 3.8) is 0 Å². The topological polar surface area (TPSA) is 51.8 Å². The number of hydrogen-bond donors (Lipinski definition) is 1. The third-order valence-corrected chi connectivity index (χ3v) is 4.10. The van der Waals surface area contributed by atoms with Gasteiger partial charge in [-0.15, -0.1) is 0 Å². The first-order valence-corrected chi connectivity index (χ1v) is 7.08. The minimum atomic E-state index is 0.335. The zero-order valence-electron chi connectivity index (χ0n) is 11.5. The molecule has 3 aromatic rings. The van der Waals surface area contributed by atoms with Crippen LogP contribution in [0.15, 0.2) is 60.8 Å². The van der Waals surface area contributed by atoms with Crippen molar-refractivity contribution >= 4 is 5.95 Å². The number of nitrogens with two attached hydrogens (primary N) is 1. The zero-order valence-corrected chi connectivity index (χ0v) is 11.5. The lowest BCUT2D eigenvalue weighted by Gasteiger charge is -2.27. The molecule has 4 rings (SSSR count). The van der Waals surface area contributed by atoms with E-state index in [-0.39, 0.29) is 0 Å². The van der Waals surface area contributed by atoms with Crippen LogP contribution in [0.4, 0.5) is 5.95 Å². The van der Waals surface area contributed by atoms with E-state index in [4.69, 9.17) is 5.73 Å². The van der Waals surface area contributed by atoms with Crippen LogP contribution in [-0.4, -0.2) is 9.97 Å². The van der Waals surface area contributed by atoms with Crippen LogP contribution >= 0.6 is 0 Å². The minimum absolute atomic E-state index is 0.335. The largest absolute Gasteiger partial charge is 0.368 e. The van der Waals surface area contributed by atoms with Crippen molar-refractivity contribution in [3.8, 4) is 11.3 Å². The SMILES string of the molecule is Nc1ncc2c(n1)-c1ccccc1C(c1ccccc1)C2. The fraction of sp³-hybridized carbons (Fsp3) is 0.111. The third kappa shape index (κ3) is 1.98. The van der Waals surface area contributed by atoms with Gasteiger partial charge in [-0.3, -0.25) is 0 Å². The maximum absolute atomic E-state index is 5.76. The first-order chi connectivity index (χ1) is 10.3. The summed E-state index contributed by atoms with van der Waals surface area (Å²) < 4.78 is 0. The van der Waals surface area contributed by atoms with Crippen molar-refractivity contribution < 1.29 is 0 Å². The summed E-state index contributed by atoms with van der Waals surface area (Å²) >= 11 is 0. The normalized spacial score (nSPS) is 16.1. The van der Waals surface area contributed by atoms with E-state index in [0.717, 1.165) is 17.7 Å². The van der Waals surface area contributed by atoms with E-state index in [1.165, 1.54) is 16.7 Å². The molecule has 1 aliphatic carbocycles. The lowest BCUT2D eigenvalue weighted by molar-refractivity contribution is 0.782. The Bertz CT molecular complexity index is 797. The molecule has 0 spiro atoms. The van der Waals surface area contributed by atoms with E-state index in [9.17, 15) is 0 Å². The molecule has 2 aromatic carbocycles. The van der Waals surface area contributed by atoms with Gasteiger partial charge in [0.05, 0.1) is 5.69 Å². The second-order valence-corrected chi connectivity index (χ2v) is 5.36. The van der Waals surface area contributed by atoms with Gasteiger partial charge < -0.3 is 5.73 Å². The molecule has 2 N–H and O–H groups in total. The van der Waals surface area contributed by atoms with Gasteiger partial charge in [-0.05, 0) is 23.1 Å². The Hall–Kier alpha value is -2.68. The van der Waals surface area contributed by atoms with Crippen molar-refractivity contribution in [3.05, 3.63) is 77.5 Å². The van der Waals surface area contributed by atoms with Gasteiger partial charge in [-0.2, -0.15) is 0 Å². The molecule has 1 aliphatic rings. The Morgan fingerprint density at radius 3 is 2.57 bits per heavy atom. The van der Waals surface area contributed by atoms with E-state index < -0.39 is 0 Å². The van der Waals surface area contributed by atoms with Gasteiger partial charge in [0.15, 0.2) is 0 Å². The van der Waals surface area contributed by atoms with Gasteiger partial charge in [-0.1, -0.05) is 54.6 Å². The second kappa shape index (κ2) is 4.70. The van der Waals surface area contributed by atoms with Crippen LogP contribution in [0.5, 0.6) is 0 Å². The van der Waals surface area contributed by atoms with Crippen molar-refractivity contribution in [2.75, 3.05) is 5.73 Å². The van der Waals surface area contributed by atoms with E-state index in [1.807, 2.05) is 12.3 Å². The average Bonchev–Trinajstić information content (AvgIpc) is 2.55. The van der Waals surface area contributed by atoms with Crippen LogP contribution in [0.25, 0.3) is 11.3 Å². The molecule has 0 fully saturated rings. The van der Waals surface area contributed by atoms with Crippen molar-refractivity contribution in [2.24, 2.45) is 0 Å². The summed E-state index contributed by atoms with van der Waals surface area (Å²) in [4.78, 5) is 8.61. The summed E-state index contributed by atoms with van der Waals surface area (Å²) in [6.45, 7) is 0.